The van der Waals surface area contributed by atoms with Crippen LogP contribution in [0.1, 0.15) is 5.56 Å². The van der Waals surface area contributed by atoms with E-state index in [4.69, 9.17) is 0 Å². The first kappa shape index (κ1) is 19.3. The van der Waals surface area contributed by atoms with E-state index in [1.807, 2.05) is 17.0 Å². The maximum Gasteiger partial charge on any atom is 0.235 e. The molecule has 1 fully saturated rings. The van der Waals surface area contributed by atoms with Crippen LogP contribution in [-0.2, 0) is 21.3 Å². The van der Waals surface area contributed by atoms with Crippen molar-refractivity contribution in [1.82, 2.24) is 9.80 Å². The van der Waals surface area contributed by atoms with E-state index in [9.17, 15) is 9.00 Å². The largest absolute Gasteiger partial charge is 0.339 e. The Morgan fingerprint density at radius 2 is 1.86 bits per heavy atom. The van der Waals surface area contributed by atoms with Crippen molar-refractivity contribution in [2.45, 2.75) is 5.75 Å². The first-order valence-electron chi connectivity index (χ1n) is 9.47. The number of nitrogens with zero attached hydrogens (tertiary/aromatic N) is 2. The number of fused-ring (bicyclic) bond motifs is 1. The molecule has 0 saturated carbocycles. The zero-order chi connectivity index (χ0) is 19.5. The molecule has 1 aromatic heterocycles. The highest BCUT2D eigenvalue weighted by atomic mass is 32.2. The summed E-state index contributed by atoms with van der Waals surface area (Å²) in [6.45, 7) is 3.23. The molecule has 1 amide bonds. The maximum atomic E-state index is 12.6. The van der Waals surface area contributed by atoms with Crippen molar-refractivity contribution in [3.05, 3.63) is 59.5 Å². The van der Waals surface area contributed by atoms with Crippen molar-refractivity contribution < 1.29 is 9.00 Å². The van der Waals surface area contributed by atoms with Crippen molar-refractivity contribution in [3.63, 3.8) is 0 Å². The average Bonchev–Trinajstić information content (AvgIpc) is 3.13. The minimum Gasteiger partial charge on any atom is -0.339 e. The van der Waals surface area contributed by atoms with E-state index in [2.05, 4.69) is 53.7 Å². The van der Waals surface area contributed by atoms with Crippen LogP contribution < -0.4 is 0 Å². The number of likely N-dealkylation sites (N-methyl/N-ethyl adjacent to an activating group) is 1. The van der Waals surface area contributed by atoms with E-state index < -0.39 is 10.8 Å². The Kier molecular flexibility index (Phi) is 5.90. The Balaban J connectivity index is 1.43. The summed E-state index contributed by atoms with van der Waals surface area (Å²) >= 11 is 1.74. The Labute approximate surface area is 172 Å². The third-order valence-electron chi connectivity index (χ3n) is 5.19. The molecule has 6 heteroatoms. The van der Waals surface area contributed by atoms with Crippen LogP contribution in [0.5, 0.6) is 0 Å². The molecule has 4 rings (SSSR count). The molecular weight excluding hydrogens is 388 g/mol. The van der Waals surface area contributed by atoms with E-state index in [1.54, 1.807) is 11.3 Å². The van der Waals surface area contributed by atoms with Crippen LogP contribution in [0.15, 0.2) is 53.9 Å². The number of amides is 1. The minimum atomic E-state index is -1.20. The molecule has 1 atom stereocenters. The average molecular weight is 413 g/mol. The maximum absolute atomic E-state index is 12.6. The van der Waals surface area contributed by atoms with Gasteiger partial charge in [0.05, 0.1) is 0 Å². The molecule has 0 spiro atoms. The van der Waals surface area contributed by atoms with Crippen LogP contribution in [0.25, 0.3) is 21.2 Å². The lowest BCUT2D eigenvalue weighted by Gasteiger charge is -2.32. The fraction of sp³-hybridized carbons (Fsp3) is 0.318. The first-order chi connectivity index (χ1) is 13.6. The van der Waals surface area contributed by atoms with Crippen molar-refractivity contribution in [1.29, 1.82) is 0 Å². The van der Waals surface area contributed by atoms with Crippen LogP contribution in [0, 0.1) is 0 Å². The molecule has 0 N–H and O–H groups in total. The predicted molar refractivity (Wildman–Crippen MR) is 118 cm³/mol. The second-order valence-corrected chi connectivity index (χ2v) is 9.63. The summed E-state index contributed by atoms with van der Waals surface area (Å²) in [5.74, 6) is 0.525. The van der Waals surface area contributed by atoms with E-state index in [0.29, 0.717) is 5.75 Å². The Hall–Kier alpha value is -2.02. The molecule has 0 aliphatic carbocycles. The van der Waals surface area contributed by atoms with Crippen molar-refractivity contribution in [2.24, 2.45) is 0 Å². The van der Waals surface area contributed by atoms with Crippen molar-refractivity contribution in [2.75, 3.05) is 39.0 Å². The molecule has 146 valence electrons. The smallest absolute Gasteiger partial charge is 0.235 e. The highest BCUT2D eigenvalue weighted by molar-refractivity contribution is 7.84. The van der Waals surface area contributed by atoms with Crippen LogP contribution in [0.3, 0.4) is 0 Å². The second kappa shape index (κ2) is 8.55. The molecule has 2 heterocycles. The number of hydrogen-bond acceptors (Lipinski definition) is 4. The molecule has 28 heavy (non-hydrogen) atoms. The molecular formula is C22H24N2O2S2. The highest BCUT2D eigenvalue weighted by Crippen LogP contribution is 2.34. The van der Waals surface area contributed by atoms with E-state index >= 15 is 0 Å². The van der Waals surface area contributed by atoms with Crippen LogP contribution in [0.4, 0.5) is 0 Å². The van der Waals surface area contributed by atoms with Gasteiger partial charge in [-0.25, -0.2) is 0 Å². The monoisotopic (exact) mass is 412 g/mol. The van der Waals surface area contributed by atoms with Gasteiger partial charge in [-0.3, -0.25) is 9.00 Å². The summed E-state index contributed by atoms with van der Waals surface area (Å²) in [7, 11) is 0.863. The standard InChI is InChI=1S/C22H24N2O2S2/c1-23-9-11-24(12-10-23)22(25)16-28(26)15-17-5-4-6-18(13-17)20-14-27-21-8-3-2-7-19(20)21/h2-8,13-14H,9-12,15-16H2,1H3. The first-order valence-corrected chi connectivity index (χ1v) is 11.8. The summed E-state index contributed by atoms with van der Waals surface area (Å²) in [6.07, 6.45) is 0. The highest BCUT2D eigenvalue weighted by Gasteiger charge is 2.20. The molecule has 3 aromatic rings. The number of thiophene rings is 1. The molecule has 0 radical (unpaired) electrons. The zero-order valence-electron chi connectivity index (χ0n) is 16.0. The summed E-state index contributed by atoms with van der Waals surface area (Å²) in [4.78, 5) is 16.5. The van der Waals surface area contributed by atoms with Gasteiger partial charge in [0.2, 0.25) is 5.91 Å². The van der Waals surface area contributed by atoms with Gasteiger partial charge in [-0.05, 0) is 29.6 Å². The molecule has 1 saturated heterocycles. The van der Waals surface area contributed by atoms with Gasteiger partial charge < -0.3 is 9.80 Å². The Morgan fingerprint density at radius 1 is 1.07 bits per heavy atom. The zero-order valence-corrected chi connectivity index (χ0v) is 17.6. The van der Waals surface area contributed by atoms with Gasteiger partial charge in [0.25, 0.3) is 0 Å². The fourth-order valence-electron chi connectivity index (χ4n) is 3.55. The summed E-state index contributed by atoms with van der Waals surface area (Å²) in [6, 6.07) is 16.6. The molecule has 1 aliphatic rings. The molecule has 2 aromatic carbocycles. The molecule has 1 unspecified atom stereocenters. The number of piperazine rings is 1. The van der Waals surface area contributed by atoms with Gasteiger partial charge in [-0.15, -0.1) is 11.3 Å². The molecule has 0 bridgehead atoms. The number of carbonyl (C=O) groups excluding carboxylic acids is 1. The minimum absolute atomic E-state index is 0.00594. The van der Waals surface area contributed by atoms with Gasteiger partial charge in [0.1, 0.15) is 5.75 Å². The third kappa shape index (κ3) is 4.35. The fourth-order valence-corrected chi connectivity index (χ4v) is 5.63. The number of rotatable bonds is 5. The lowest BCUT2D eigenvalue weighted by molar-refractivity contribution is -0.129. The number of benzene rings is 2. The third-order valence-corrected chi connectivity index (χ3v) is 7.37. The van der Waals surface area contributed by atoms with Gasteiger partial charge in [0, 0.05) is 58.4 Å². The molecule has 1 aliphatic heterocycles. The lowest BCUT2D eigenvalue weighted by Crippen LogP contribution is -2.48. The SMILES string of the molecule is CN1CCN(C(=O)CS(=O)Cc2cccc(-c3csc4ccccc34)c2)CC1. The van der Waals surface area contributed by atoms with Crippen molar-refractivity contribution >= 4 is 38.1 Å². The van der Waals surface area contributed by atoms with Crippen LogP contribution in [-0.4, -0.2) is 58.9 Å². The quantitative estimate of drug-likeness (QED) is 0.643. The molecule has 4 nitrogen and oxygen atoms in total. The Bertz CT molecular complexity index is 1010. The van der Waals surface area contributed by atoms with E-state index in [0.717, 1.165) is 37.3 Å². The van der Waals surface area contributed by atoms with Gasteiger partial charge in [-0.1, -0.05) is 42.5 Å². The van der Waals surface area contributed by atoms with Crippen molar-refractivity contribution in [3.8, 4) is 11.1 Å². The summed E-state index contributed by atoms with van der Waals surface area (Å²) < 4.78 is 13.9. The summed E-state index contributed by atoms with van der Waals surface area (Å²) in [5, 5.41) is 3.42. The van der Waals surface area contributed by atoms with Gasteiger partial charge in [-0.2, -0.15) is 0 Å². The second-order valence-electron chi connectivity index (χ2n) is 7.26. The normalized spacial score (nSPS) is 16.4. The van der Waals surface area contributed by atoms with Gasteiger partial charge >= 0.3 is 0 Å². The van der Waals surface area contributed by atoms with E-state index in [-0.39, 0.29) is 11.7 Å². The topological polar surface area (TPSA) is 40.6 Å². The van der Waals surface area contributed by atoms with E-state index in [1.165, 1.54) is 15.6 Å². The lowest BCUT2D eigenvalue weighted by atomic mass is 10.0. The van der Waals surface area contributed by atoms with Gasteiger partial charge in [0.15, 0.2) is 0 Å². The predicted octanol–water partition coefficient (Wildman–Crippen LogP) is 3.59. The van der Waals surface area contributed by atoms with Crippen LogP contribution in [0.2, 0.25) is 0 Å². The summed E-state index contributed by atoms with van der Waals surface area (Å²) in [5.41, 5.74) is 3.36. The Morgan fingerprint density at radius 3 is 2.68 bits per heavy atom. The number of carbonyl (C=O) groups is 1. The van der Waals surface area contributed by atoms with Crippen LogP contribution >= 0.6 is 11.3 Å². The number of hydrogen-bond donors (Lipinski definition) is 0.